The molecule has 80 valence electrons. The summed E-state index contributed by atoms with van der Waals surface area (Å²) in [5.74, 6) is 0.930. The van der Waals surface area contributed by atoms with Gasteiger partial charge in [-0.2, -0.15) is 0 Å². The van der Waals surface area contributed by atoms with Gasteiger partial charge in [0.2, 0.25) is 0 Å². The lowest BCUT2D eigenvalue weighted by molar-refractivity contribution is 0.637. The Morgan fingerprint density at radius 3 is 2.93 bits per heavy atom. The van der Waals surface area contributed by atoms with Gasteiger partial charge in [-0.3, -0.25) is 0 Å². The maximum atomic E-state index is 6.09. The Labute approximate surface area is 101 Å². The van der Waals surface area contributed by atoms with Crippen LogP contribution < -0.4 is 5.73 Å². The van der Waals surface area contributed by atoms with E-state index in [-0.39, 0.29) is 6.04 Å². The highest BCUT2D eigenvalue weighted by atomic mass is 79.9. The van der Waals surface area contributed by atoms with Crippen molar-refractivity contribution in [1.82, 2.24) is 9.55 Å². The second kappa shape index (κ2) is 4.47. The lowest BCUT2D eigenvalue weighted by Crippen LogP contribution is -2.17. The second-order valence-corrected chi connectivity index (χ2v) is 5.96. The van der Waals surface area contributed by atoms with Crippen LogP contribution in [0.15, 0.2) is 28.3 Å². The van der Waals surface area contributed by atoms with Crippen molar-refractivity contribution in [2.45, 2.75) is 12.5 Å². The van der Waals surface area contributed by atoms with Crippen molar-refractivity contribution in [2.75, 3.05) is 0 Å². The van der Waals surface area contributed by atoms with E-state index in [1.807, 2.05) is 23.9 Å². The molecule has 0 bridgehead atoms. The van der Waals surface area contributed by atoms with E-state index in [0.29, 0.717) is 0 Å². The first-order valence-electron chi connectivity index (χ1n) is 4.64. The molecular weight excluding hydrogens is 274 g/mol. The van der Waals surface area contributed by atoms with Crippen LogP contribution in [-0.2, 0) is 13.5 Å². The number of thiophene rings is 1. The molecule has 0 saturated carbocycles. The van der Waals surface area contributed by atoms with Crippen LogP contribution in [0.3, 0.4) is 0 Å². The van der Waals surface area contributed by atoms with Crippen molar-refractivity contribution in [2.24, 2.45) is 12.8 Å². The molecule has 0 radical (unpaired) electrons. The second-order valence-electron chi connectivity index (χ2n) is 3.41. The number of nitrogens with two attached hydrogens (primary N) is 1. The lowest BCUT2D eigenvalue weighted by Gasteiger charge is -2.09. The van der Waals surface area contributed by atoms with Crippen molar-refractivity contribution < 1.29 is 0 Å². The third kappa shape index (κ3) is 2.48. The smallest absolute Gasteiger partial charge is 0.125 e. The Morgan fingerprint density at radius 2 is 2.40 bits per heavy atom. The lowest BCUT2D eigenvalue weighted by atomic mass is 10.2. The van der Waals surface area contributed by atoms with Gasteiger partial charge in [-0.25, -0.2) is 4.98 Å². The van der Waals surface area contributed by atoms with Crippen molar-refractivity contribution in [1.29, 1.82) is 0 Å². The number of aromatic nitrogens is 2. The van der Waals surface area contributed by atoms with E-state index in [0.717, 1.165) is 16.0 Å². The van der Waals surface area contributed by atoms with E-state index in [9.17, 15) is 0 Å². The van der Waals surface area contributed by atoms with Gasteiger partial charge in [0.15, 0.2) is 0 Å². The minimum atomic E-state index is -0.0319. The molecule has 2 heterocycles. The number of halogens is 1. The monoisotopic (exact) mass is 285 g/mol. The Kier molecular flexibility index (Phi) is 3.23. The zero-order chi connectivity index (χ0) is 10.8. The summed E-state index contributed by atoms with van der Waals surface area (Å²) in [4.78, 5) is 5.52. The molecule has 2 aromatic heterocycles. The van der Waals surface area contributed by atoms with Gasteiger partial charge in [-0.15, -0.1) is 11.3 Å². The van der Waals surface area contributed by atoms with Gasteiger partial charge in [0, 0.05) is 30.7 Å². The van der Waals surface area contributed by atoms with Crippen LogP contribution in [0.5, 0.6) is 0 Å². The standard InChI is InChI=1S/C10H12BrN3S/c1-14-5-4-13-10(14)8(12)6-7-2-3-9(11)15-7/h2-5,8H,6,12H2,1H3. The summed E-state index contributed by atoms with van der Waals surface area (Å²) in [5.41, 5.74) is 6.09. The zero-order valence-electron chi connectivity index (χ0n) is 8.35. The quantitative estimate of drug-likeness (QED) is 0.942. The number of rotatable bonds is 3. The van der Waals surface area contributed by atoms with Crippen LogP contribution in [0.1, 0.15) is 16.7 Å². The molecule has 5 heteroatoms. The van der Waals surface area contributed by atoms with Crippen molar-refractivity contribution in [3.8, 4) is 0 Å². The molecule has 2 N–H and O–H groups in total. The summed E-state index contributed by atoms with van der Waals surface area (Å²) in [6.07, 6.45) is 4.53. The van der Waals surface area contributed by atoms with Crippen LogP contribution in [0, 0.1) is 0 Å². The Hall–Kier alpha value is -0.650. The summed E-state index contributed by atoms with van der Waals surface area (Å²) in [6.45, 7) is 0. The predicted molar refractivity (Wildman–Crippen MR) is 65.9 cm³/mol. The molecule has 1 atom stereocenters. The number of nitrogens with zero attached hydrogens (tertiary/aromatic N) is 2. The normalized spacial score (nSPS) is 13.0. The highest BCUT2D eigenvalue weighted by molar-refractivity contribution is 9.11. The molecule has 0 aromatic carbocycles. The van der Waals surface area contributed by atoms with Crippen LogP contribution in [-0.4, -0.2) is 9.55 Å². The number of hydrogen-bond acceptors (Lipinski definition) is 3. The highest BCUT2D eigenvalue weighted by Crippen LogP contribution is 2.25. The van der Waals surface area contributed by atoms with Gasteiger partial charge >= 0.3 is 0 Å². The van der Waals surface area contributed by atoms with Gasteiger partial charge in [-0.05, 0) is 28.1 Å². The topological polar surface area (TPSA) is 43.8 Å². The summed E-state index contributed by atoms with van der Waals surface area (Å²) in [6, 6.07) is 4.11. The fraction of sp³-hybridized carbons (Fsp3) is 0.300. The third-order valence-electron chi connectivity index (χ3n) is 2.24. The van der Waals surface area contributed by atoms with E-state index in [4.69, 9.17) is 5.73 Å². The van der Waals surface area contributed by atoms with Crippen LogP contribution in [0.4, 0.5) is 0 Å². The molecule has 0 aliphatic carbocycles. The number of hydrogen-bond donors (Lipinski definition) is 1. The molecule has 0 spiro atoms. The molecule has 2 rings (SSSR count). The summed E-state index contributed by atoms with van der Waals surface area (Å²) >= 11 is 5.16. The first-order chi connectivity index (χ1) is 7.16. The van der Waals surface area contributed by atoms with Crippen LogP contribution in [0.2, 0.25) is 0 Å². The molecule has 0 amide bonds. The first kappa shape index (κ1) is 10.9. The predicted octanol–water partition coefficient (Wildman–Crippen LogP) is 2.49. The first-order valence-corrected chi connectivity index (χ1v) is 6.25. The number of aryl methyl sites for hydroxylation is 1. The maximum absolute atomic E-state index is 6.09. The van der Waals surface area contributed by atoms with E-state index < -0.39 is 0 Å². The largest absolute Gasteiger partial charge is 0.337 e. The van der Waals surface area contributed by atoms with E-state index in [1.54, 1.807) is 17.5 Å². The van der Waals surface area contributed by atoms with Gasteiger partial charge in [0.05, 0.1) is 9.83 Å². The summed E-state index contributed by atoms with van der Waals surface area (Å²) < 4.78 is 3.11. The number of imidazole rings is 1. The van der Waals surface area contributed by atoms with E-state index in [2.05, 4.69) is 27.0 Å². The summed E-state index contributed by atoms with van der Waals surface area (Å²) in [5, 5.41) is 0. The maximum Gasteiger partial charge on any atom is 0.125 e. The Balaban J connectivity index is 2.10. The SMILES string of the molecule is Cn1ccnc1C(N)Cc1ccc(Br)s1. The zero-order valence-corrected chi connectivity index (χ0v) is 10.8. The minimum Gasteiger partial charge on any atom is -0.337 e. The fourth-order valence-corrected chi connectivity index (χ4v) is 3.05. The van der Waals surface area contributed by atoms with Gasteiger partial charge in [-0.1, -0.05) is 0 Å². The van der Waals surface area contributed by atoms with Crippen molar-refractivity contribution in [3.05, 3.63) is 39.0 Å². The van der Waals surface area contributed by atoms with Gasteiger partial charge in [0.1, 0.15) is 5.82 Å². The van der Waals surface area contributed by atoms with Crippen molar-refractivity contribution >= 4 is 27.3 Å². The molecule has 1 unspecified atom stereocenters. The highest BCUT2D eigenvalue weighted by Gasteiger charge is 2.12. The molecule has 0 aliphatic heterocycles. The molecular formula is C10H12BrN3S. The molecule has 15 heavy (non-hydrogen) atoms. The minimum absolute atomic E-state index is 0.0319. The molecule has 0 saturated heterocycles. The van der Waals surface area contributed by atoms with E-state index >= 15 is 0 Å². The van der Waals surface area contributed by atoms with Gasteiger partial charge < -0.3 is 10.3 Å². The average Bonchev–Trinajstić information content (AvgIpc) is 2.75. The molecule has 2 aromatic rings. The molecule has 0 fully saturated rings. The molecule has 3 nitrogen and oxygen atoms in total. The van der Waals surface area contributed by atoms with Crippen LogP contribution in [0.25, 0.3) is 0 Å². The van der Waals surface area contributed by atoms with Gasteiger partial charge in [0.25, 0.3) is 0 Å². The average molecular weight is 286 g/mol. The van der Waals surface area contributed by atoms with Crippen molar-refractivity contribution in [3.63, 3.8) is 0 Å². The Morgan fingerprint density at radius 1 is 1.60 bits per heavy atom. The Bertz CT molecular complexity index is 449. The third-order valence-corrected chi connectivity index (χ3v) is 3.89. The summed E-state index contributed by atoms with van der Waals surface area (Å²) in [7, 11) is 1.96. The van der Waals surface area contributed by atoms with E-state index in [1.165, 1.54) is 4.88 Å². The fourth-order valence-electron chi connectivity index (χ4n) is 1.50. The molecule has 0 aliphatic rings. The van der Waals surface area contributed by atoms with Crippen LogP contribution >= 0.6 is 27.3 Å².